The average molecular weight is 344 g/mol. The molecule has 0 saturated carbocycles. The number of carbonyl (C=O) groups excluding carboxylic acids is 1. The maximum absolute atomic E-state index is 13.0. The first-order chi connectivity index (χ1) is 12.2. The van der Waals surface area contributed by atoms with E-state index in [9.17, 15) is 4.79 Å². The Bertz CT molecular complexity index is 540. The molecule has 0 unspecified atom stereocenters. The molecular formula is C21H32N2O2. The standard InChI is InChI=1S/C21H32N2O2/c1-18-7-5-13-23(17-18)14-6-12-22-20(24)21(10-15-25-16-11-21)19-8-3-2-4-9-19/h2-4,8-9,18H,5-7,10-17H2,1H3,(H,22,24)/t18-/m1/s1. The Balaban J connectivity index is 1.53. The van der Waals surface area contributed by atoms with Gasteiger partial charge in [0, 0.05) is 26.3 Å². The van der Waals surface area contributed by atoms with Gasteiger partial charge in [-0.25, -0.2) is 0 Å². The Labute approximate surface area is 151 Å². The van der Waals surface area contributed by atoms with Gasteiger partial charge in [-0.1, -0.05) is 37.3 Å². The SMILES string of the molecule is C[C@@H]1CCCN(CCCNC(=O)C2(c3ccccc3)CCOCC2)C1. The fraction of sp³-hybridized carbons (Fsp3) is 0.667. The Morgan fingerprint density at radius 3 is 2.76 bits per heavy atom. The van der Waals surface area contributed by atoms with Gasteiger partial charge in [0.2, 0.25) is 5.91 Å². The predicted octanol–water partition coefficient (Wildman–Crippen LogP) is 2.97. The van der Waals surface area contributed by atoms with Crippen LogP contribution in [0.5, 0.6) is 0 Å². The van der Waals surface area contributed by atoms with Gasteiger partial charge in [-0.15, -0.1) is 0 Å². The smallest absolute Gasteiger partial charge is 0.230 e. The maximum atomic E-state index is 13.0. The van der Waals surface area contributed by atoms with Crippen LogP contribution in [0.2, 0.25) is 0 Å². The monoisotopic (exact) mass is 344 g/mol. The van der Waals surface area contributed by atoms with E-state index in [1.54, 1.807) is 0 Å². The van der Waals surface area contributed by atoms with Crippen LogP contribution in [0, 0.1) is 5.92 Å². The van der Waals surface area contributed by atoms with Crippen molar-refractivity contribution in [3.8, 4) is 0 Å². The quantitative estimate of drug-likeness (QED) is 0.807. The molecule has 4 heteroatoms. The third kappa shape index (κ3) is 4.62. The van der Waals surface area contributed by atoms with Crippen LogP contribution < -0.4 is 5.32 Å². The van der Waals surface area contributed by atoms with E-state index in [0.29, 0.717) is 13.2 Å². The molecular weight excluding hydrogens is 312 g/mol. The molecule has 0 aromatic heterocycles. The van der Waals surface area contributed by atoms with Crippen molar-refractivity contribution >= 4 is 5.91 Å². The van der Waals surface area contributed by atoms with E-state index in [4.69, 9.17) is 4.74 Å². The molecule has 0 aliphatic carbocycles. The topological polar surface area (TPSA) is 41.6 Å². The van der Waals surface area contributed by atoms with Crippen LogP contribution in [0.4, 0.5) is 0 Å². The third-order valence-electron chi connectivity index (χ3n) is 5.79. The van der Waals surface area contributed by atoms with E-state index in [0.717, 1.165) is 43.8 Å². The summed E-state index contributed by atoms with van der Waals surface area (Å²) >= 11 is 0. The van der Waals surface area contributed by atoms with Gasteiger partial charge in [0.15, 0.2) is 0 Å². The molecule has 25 heavy (non-hydrogen) atoms. The Morgan fingerprint density at radius 2 is 2.04 bits per heavy atom. The number of hydrogen-bond acceptors (Lipinski definition) is 3. The zero-order chi connectivity index (χ0) is 17.5. The zero-order valence-electron chi connectivity index (χ0n) is 15.5. The summed E-state index contributed by atoms with van der Waals surface area (Å²) in [5, 5.41) is 3.22. The Hall–Kier alpha value is -1.39. The van der Waals surface area contributed by atoms with Crippen LogP contribution in [0.25, 0.3) is 0 Å². The van der Waals surface area contributed by atoms with Crippen molar-refractivity contribution in [3.05, 3.63) is 35.9 Å². The summed E-state index contributed by atoms with van der Waals surface area (Å²) in [5.74, 6) is 0.987. The molecule has 4 nitrogen and oxygen atoms in total. The van der Waals surface area contributed by atoms with Crippen molar-refractivity contribution in [2.24, 2.45) is 5.92 Å². The fourth-order valence-electron chi connectivity index (χ4n) is 4.29. The van der Waals surface area contributed by atoms with E-state index in [-0.39, 0.29) is 5.91 Å². The summed E-state index contributed by atoms with van der Waals surface area (Å²) in [5.41, 5.74) is 0.708. The van der Waals surface area contributed by atoms with Crippen molar-refractivity contribution in [1.82, 2.24) is 10.2 Å². The molecule has 3 rings (SSSR count). The summed E-state index contributed by atoms with van der Waals surface area (Å²) in [6, 6.07) is 10.2. The summed E-state index contributed by atoms with van der Waals surface area (Å²) in [4.78, 5) is 15.6. The van der Waals surface area contributed by atoms with E-state index in [2.05, 4.69) is 29.3 Å². The normalized spacial score (nSPS) is 24.0. The van der Waals surface area contributed by atoms with Crippen LogP contribution in [0.1, 0.15) is 44.6 Å². The fourth-order valence-corrected chi connectivity index (χ4v) is 4.29. The maximum Gasteiger partial charge on any atom is 0.230 e. The first kappa shape index (κ1) is 18.4. The van der Waals surface area contributed by atoms with Gasteiger partial charge in [0.1, 0.15) is 0 Å². The molecule has 0 spiro atoms. The summed E-state index contributed by atoms with van der Waals surface area (Å²) in [6.45, 7) is 7.93. The second-order valence-corrected chi connectivity index (χ2v) is 7.72. The van der Waals surface area contributed by atoms with Crippen molar-refractivity contribution in [3.63, 3.8) is 0 Å². The number of carbonyl (C=O) groups is 1. The lowest BCUT2D eigenvalue weighted by Crippen LogP contribution is -2.48. The minimum Gasteiger partial charge on any atom is -0.381 e. The molecule has 0 radical (unpaired) electrons. The van der Waals surface area contributed by atoms with Crippen molar-refractivity contribution in [1.29, 1.82) is 0 Å². The number of nitrogens with zero attached hydrogens (tertiary/aromatic N) is 1. The minimum absolute atomic E-state index is 0.175. The van der Waals surface area contributed by atoms with Crippen molar-refractivity contribution < 1.29 is 9.53 Å². The number of ether oxygens (including phenoxy) is 1. The molecule has 1 amide bonds. The summed E-state index contributed by atoms with van der Waals surface area (Å²) in [7, 11) is 0. The molecule has 1 aromatic rings. The molecule has 1 N–H and O–H groups in total. The van der Waals surface area contributed by atoms with Crippen LogP contribution in [-0.4, -0.2) is 50.2 Å². The number of likely N-dealkylation sites (tertiary alicyclic amines) is 1. The molecule has 2 aliphatic rings. The predicted molar refractivity (Wildman–Crippen MR) is 101 cm³/mol. The summed E-state index contributed by atoms with van der Waals surface area (Å²) in [6.07, 6.45) is 5.23. The average Bonchev–Trinajstić information content (AvgIpc) is 2.66. The first-order valence-electron chi connectivity index (χ1n) is 9.85. The van der Waals surface area contributed by atoms with Crippen LogP contribution in [0.15, 0.2) is 30.3 Å². The lowest BCUT2D eigenvalue weighted by Gasteiger charge is -2.36. The minimum atomic E-state index is -0.418. The van der Waals surface area contributed by atoms with E-state index >= 15 is 0 Å². The molecule has 2 heterocycles. The van der Waals surface area contributed by atoms with Crippen LogP contribution in [-0.2, 0) is 14.9 Å². The number of hydrogen-bond donors (Lipinski definition) is 1. The molecule has 0 bridgehead atoms. The highest BCUT2D eigenvalue weighted by molar-refractivity contribution is 5.88. The highest BCUT2D eigenvalue weighted by Crippen LogP contribution is 2.35. The van der Waals surface area contributed by atoms with Gasteiger partial charge in [-0.05, 0) is 56.7 Å². The van der Waals surface area contributed by atoms with Gasteiger partial charge in [-0.3, -0.25) is 4.79 Å². The molecule has 1 aromatic carbocycles. The number of amides is 1. The third-order valence-corrected chi connectivity index (χ3v) is 5.79. The lowest BCUT2D eigenvalue weighted by atomic mass is 9.73. The first-order valence-corrected chi connectivity index (χ1v) is 9.85. The second-order valence-electron chi connectivity index (χ2n) is 7.72. The van der Waals surface area contributed by atoms with Gasteiger partial charge >= 0.3 is 0 Å². The van der Waals surface area contributed by atoms with Crippen LogP contribution in [0.3, 0.4) is 0 Å². The molecule has 2 fully saturated rings. The molecule has 2 saturated heterocycles. The number of rotatable bonds is 6. The van der Waals surface area contributed by atoms with E-state index < -0.39 is 5.41 Å². The van der Waals surface area contributed by atoms with E-state index in [1.165, 1.54) is 25.9 Å². The molecule has 2 aliphatic heterocycles. The Kier molecular flexibility index (Phi) is 6.49. The highest BCUT2D eigenvalue weighted by Gasteiger charge is 2.41. The number of piperidine rings is 1. The van der Waals surface area contributed by atoms with Gasteiger partial charge < -0.3 is 15.0 Å². The lowest BCUT2D eigenvalue weighted by molar-refractivity contribution is -0.130. The Morgan fingerprint density at radius 1 is 1.28 bits per heavy atom. The largest absolute Gasteiger partial charge is 0.381 e. The van der Waals surface area contributed by atoms with Gasteiger partial charge in [0.05, 0.1) is 5.41 Å². The van der Waals surface area contributed by atoms with Gasteiger partial charge in [0.25, 0.3) is 0 Å². The summed E-state index contributed by atoms with van der Waals surface area (Å²) < 4.78 is 5.52. The molecule has 138 valence electrons. The van der Waals surface area contributed by atoms with Crippen molar-refractivity contribution in [2.45, 2.75) is 44.4 Å². The number of nitrogens with one attached hydrogen (secondary N) is 1. The van der Waals surface area contributed by atoms with Crippen LogP contribution >= 0.6 is 0 Å². The number of benzene rings is 1. The highest BCUT2D eigenvalue weighted by atomic mass is 16.5. The second kappa shape index (κ2) is 8.81. The zero-order valence-corrected chi connectivity index (χ0v) is 15.5. The van der Waals surface area contributed by atoms with E-state index in [1.807, 2.05) is 18.2 Å². The molecule has 1 atom stereocenters. The van der Waals surface area contributed by atoms with Crippen molar-refractivity contribution in [2.75, 3.05) is 39.4 Å². The van der Waals surface area contributed by atoms with Gasteiger partial charge in [-0.2, -0.15) is 0 Å².